The molecule has 0 unspecified atom stereocenters. The lowest BCUT2D eigenvalue weighted by Crippen LogP contribution is -2.16. The minimum absolute atomic E-state index is 0.728. The van der Waals surface area contributed by atoms with Gasteiger partial charge in [-0.05, 0) is 81.1 Å². The van der Waals surface area contributed by atoms with Gasteiger partial charge in [-0.15, -0.1) is 0 Å². The van der Waals surface area contributed by atoms with Crippen molar-refractivity contribution in [2.45, 2.75) is 27.7 Å². The molecule has 0 aliphatic rings. The third-order valence-corrected chi connectivity index (χ3v) is 3.26. The minimum Gasteiger partial charge on any atom is -0.341 e. The molecule has 1 nitrogen and oxygen atoms in total. The molecule has 1 heteroatoms. The molecular formula is C18H22N. The van der Waals surface area contributed by atoms with Crippen LogP contribution in [0.25, 0.3) is 0 Å². The molecule has 1 radical (unpaired) electrons. The van der Waals surface area contributed by atoms with Crippen molar-refractivity contribution in [3.63, 3.8) is 0 Å². The summed E-state index contributed by atoms with van der Waals surface area (Å²) in [6.07, 6.45) is 0. The molecule has 0 amide bonds. The molecule has 0 N–H and O–H groups in total. The van der Waals surface area contributed by atoms with E-state index in [1.165, 1.54) is 33.6 Å². The number of aryl methyl sites for hydroxylation is 4. The van der Waals surface area contributed by atoms with Gasteiger partial charge in [0.1, 0.15) is 0 Å². The largest absolute Gasteiger partial charge is 0.341 e. The summed E-state index contributed by atoms with van der Waals surface area (Å²) in [5.74, 6) is 0. The zero-order valence-corrected chi connectivity index (χ0v) is 12.3. The van der Waals surface area contributed by atoms with E-state index in [4.69, 9.17) is 0 Å². The molecular weight excluding hydrogens is 230 g/mol. The van der Waals surface area contributed by atoms with Gasteiger partial charge in [0, 0.05) is 17.9 Å². The maximum atomic E-state index is 4.08. The maximum Gasteiger partial charge on any atom is 0.0416 e. The molecule has 0 spiro atoms. The fourth-order valence-electron chi connectivity index (χ4n) is 2.62. The van der Waals surface area contributed by atoms with Crippen LogP contribution in [0.15, 0.2) is 36.4 Å². The van der Waals surface area contributed by atoms with Gasteiger partial charge >= 0.3 is 0 Å². The Kier molecular flexibility index (Phi) is 3.94. The van der Waals surface area contributed by atoms with E-state index in [0.717, 1.165) is 6.54 Å². The fourth-order valence-corrected chi connectivity index (χ4v) is 2.62. The van der Waals surface area contributed by atoms with Gasteiger partial charge in [-0.3, -0.25) is 0 Å². The van der Waals surface area contributed by atoms with Crippen molar-refractivity contribution < 1.29 is 0 Å². The highest BCUT2D eigenvalue weighted by atomic mass is 15.1. The standard InChI is InChI=1S/C18H22N/c1-6-19(17-9-13(2)7-14(3)10-17)18-11-15(4)8-16(5)12-18/h7-12H,1,6H2,2-5H3. The average molecular weight is 252 g/mol. The average Bonchev–Trinajstić information content (AvgIpc) is 2.27. The van der Waals surface area contributed by atoms with E-state index in [1.54, 1.807) is 0 Å². The van der Waals surface area contributed by atoms with Gasteiger partial charge in [-0.2, -0.15) is 0 Å². The lowest BCUT2D eigenvalue weighted by Gasteiger charge is -2.25. The summed E-state index contributed by atoms with van der Waals surface area (Å²) in [6.45, 7) is 13.4. The first-order valence-electron chi connectivity index (χ1n) is 6.73. The molecule has 99 valence electrons. The zero-order valence-electron chi connectivity index (χ0n) is 12.3. The molecule has 0 fully saturated rings. The summed E-state index contributed by atoms with van der Waals surface area (Å²) in [6, 6.07) is 13.3. The number of hydrogen-bond acceptors (Lipinski definition) is 1. The van der Waals surface area contributed by atoms with Gasteiger partial charge < -0.3 is 4.90 Å². The molecule has 0 aliphatic carbocycles. The Bertz CT molecular complexity index is 492. The first-order chi connectivity index (χ1) is 8.99. The molecule has 0 heterocycles. The van der Waals surface area contributed by atoms with Crippen LogP contribution in [0.5, 0.6) is 0 Å². The van der Waals surface area contributed by atoms with Crippen LogP contribution in [-0.4, -0.2) is 6.54 Å². The van der Waals surface area contributed by atoms with Gasteiger partial charge in [0.2, 0.25) is 0 Å². The highest BCUT2D eigenvalue weighted by molar-refractivity contribution is 5.66. The summed E-state index contributed by atoms with van der Waals surface area (Å²) < 4.78 is 0. The van der Waals surface area contributed by atoms with E-state index in [2.05, 4.69) is 75.9 Å². The molecule has 0 bridgehead atoms. The molecule has 19 heavy (non-hydrogen) atoms. The van der Waals surface area contributed by atoms with Gasteiger partial charge in [0.25, 0.3) is 0 Å². The Morgan fingerprint density at radius 1 is 0.684 bits per heavy atom. The van der Waals surface area contributed by atoms with Crippen LogP contribution in [0.1, 0.15) is 22.3 Å². The summed E-state index contributed by atoms with van der Waals surface area (Å²) in [5, 5.41) is 0. The van der Waals surface area contributed by atoms with Crippen molar-refractivity contribution in [1.29, 1.82) is 0 Å². The Morgan fingerprint density at radius 2 is 1.00 bits per heavy atom. The minimum atomic E-state index is 0.728. The topological polar surface area (TPSA) is 3.24 Å². The summed E-state index contributed by atoms with van der Waals surface area (Å²) in [4.78, 5) is 2.26. The third kappa shape index (κ3) is 3.17. The molecule has 2 aromatic carbocycles. The second kappa shape index (κ2) is 5.48. The maximum absolute atomic E-state index is 4.08. The predicted octanol–water partition coefficient (Wildman–Crippen LogP) is 4.89. The SMILES string of the molecule is [CH2]CN(c1cc(C)cc(C)c1)c1cc(C)cc(C)c1. The van der Waals surface area contributed by atoms with Crippen LogP contribution < -0.4 is 4.90 Å². The van der Waals surface area contributed by atoms with E-state index < -0.39 is 0 Å². The van der Waals surface area contributed by atoms with E-state index in [1.807, 2.05) is 0 Å². The fraction of sp³-hybridized carbons (Fsp3) is 0.278. The van der Waals surface area contributed by atoms with Crippen LogP contribution in [0, 0.1) is 34.6 Å². The van der Waals surface area contributed by atoms with Gasteiger partial charge in [-0.1, -0.05) is 12.1 Å². The summed E-state index contributed by atoms with van der Waals surface area (Å²) >= 11 is 0. The van der Waals surface area contributed by atoms with Crippen LogP contribution in [0.2, 0.25) is 0 Å². The quantitative estimate of drug-likeness (QED) is 0.751. The van der Waals surface area contributed by atoms with Gasteiger partial charge in [0.15, 0.2) is 0 Å². The lowest BCUT2D eigenvalue weighted by atomic mass is 10.1. The molecule has 2 rings (SSSR count). The molecule has 0 saturated heterocycles. The number of nitrogens with zero attached hydrogens (tertiary/aromatic N) is 1. The van der Waals surface area contributed by atoms with Gasteiger partial charge in [-0.25, -0.2) is 0 Å². The Labute approximate surface area is 116 Å². The first-order valence-corrected chi connectivity index (χ1v) is 6.73. The van der Waals surface area contributed by atoms with E-state index in [9.17, 15) is 0 Å². The van der Waals surface area contributed by atoms with E-state index in [-0.39, 0.29) is 0 Å². The van der Waals surface area contributed by atoms with Crippen molar-refractivity contribution in [2.75, 3.05) is 11.4 Å². The second-order valence-electron chi connectivity index (χ2n) is 5.34. The number of hydrogen-bond donors (Lipinski definition) is 0. The van der Waals surface area contributed by atoms with E-state index >= 15 is 0 Å². The Balaban J connectivity index is 2.49. The molecule has 0 aromatic heterocycles. The van der Waals surface area contributed by atoms with Crippen molar-refractivity contribution in [1.82, 2.24) is 0 Å². The van der Waals surface area contributed by atoms with Crippen LogP contribution >= 0.6 is 0 Å². The molecule has 0 saturated carbocycles. The number of rotatable bonds is 3. The van der Waals surface area contributed by atoms with Crippen molar-refractivity contribution in [3.05, 3.63) is 65.6 Å². The van der Waals surface area contributed by atoms with Crippen LogP contribution in [0.4, 0.5) is 11.4 Å². The number of benzene rings is 2. The monoisotopic (exact) mass is 252 g/mol. The Hall–Kier alpha value is -1.76. The smallest absolute Gasteiger partial charge is 0.0416 e. The predicted molar refractivity (Wildman–Crippen MR) is 84.2 cm³/mol. The highest BCUT2D eigenvalue weighted by Crippen LogP contribution is 2.28. The van der Waals surface area contributed by atoms with Crippen LogP contribution in [0.3, 0.4) is 0 Å². The van der Waals surface area contributed by atoms with Crippen molar-refractivity contribution in [3.8, 4) is 0 Å². The lowest BCUT2D eigenvalue weighted by molar-refractivity contribution is 1.08. The molecule has 0 aliphatic heterocycles. The summed E-state index contributed by atoms with van der Waals surface area (Å²) in [7, 11) is 0. The zero-order chi connectivity index (χ0) is 14.0. The highest BCUT2D eigenvalue weighted by Gasteiger charge is 2.09. The second-order valence-corrected chi connectivity index (χ2v) is 5.34. The van der Waals surface area contributed by atoms with Gasteiger partial charge in [0.05, 0.1) is 0 Å². The summed E-state index contributed by atoms with van der Waals surface area (Å²) in [5.41, 5.74) is 7.60. The first kappa shape index (κ1) is 13.7. The number of anilines is 2. The van der Waals surface area contributed by atoms with Crippen LogP contribution in [-0.2, 0) is 0 Å². The van der Waals surface area contributed by atoms with E-state index in [0.29, 0.717) is 0 Å². The molecule has 0 atom stereocenters. The van der Waals surface area contributed by atoms with Crippen molar-refractivity contribution >= 4 is 11.4 Å². The Morgan fingerprint density at radius 3 is 1.26 bits per heavy atom. The normalized spacial score (nSPS) is 10.6. The third-order valence-electron chi connectivity index (χ3n) is 3.26. The van der Waals surface area contributed by atoms with Crippen molar-refractivity contribution in [2.24, 2.45) is 0 Å². The molecule has 2 aromatic rings.